The molecule has 0 aliphatic carbocycles. The molecule has 1 unspecified atom stereocenters. The standard InChI is InChI=1S/C30H38N4O2S/c1-21-31-27-5-3-4-6-28(27)34(21)25-19-23-9-10-24(20-25)33(23)18-15-30(13-16-32(17-14-30)29(35)36)22-7-11-26(37-2)12-8-22/h3-8,11-12,23-25H,9-10,13-20H2,1-2H3,(H,35,36)/t23-,24+,25?. The lowest BCUT2D eigenvalue weighted by Crippen LogP contribution is -2.48. The average Bonchev–Trinajstić information content (AvgIpc) is 3.38. The molecule has 0 spiro atoms. The first-order chi connectivity index (χ1) is 18.0. The van der Waals surface area contributed by atoms with Crippen LogP contribution in [0.15, 0.2) is 53.4 Å². The summed E-state index contributed by atoms with van der Waals surface area (Å²) in [7, 11) is 0. The minimum absolute atomic E-state index is 0.0519. The number of benzene rings is 2. The molecular weight excluding hydrogens is 480 g/mol. The largest absolute Gasteiger partial charge is 0.465 e. The van der Waals surface area contributed by atoms with E-state index >= 15 is 0 Å². The Morgan fingerprint density at radius 2 is 1.70 bits per heavy atom. The van der Waals surface area contributed by atoms with E-state index in [1.165, 1.54) is 41.7 Å². The molecule has 6 rings (SSSR count). The molecule has 3 aromatic rings. The highest BCUT2D eigenvalue weighted by atomic mass is 32.2. The molecule has 1 N–H and O–H groups in total. The Hall–Kier alpha value is -2.51. The van der Waals surface area contributed by atoms with Crippen LogP contribution in [0, 0.1) is 6.92 Å². The Bertz CT molecular complexity index is 1250. The number of carbonyl (C=O) groups is 1. The van der Waals surface area contributed by atoms with Crippen molar-refractivity contribution in [3.63, 3.8) is 0 Å². The molecule has 3 saturated heterocycles. The van der Waals surface area contributed by atoms with Gasteiger partial charge in [0, 0.05) is 36.1 Å². The number of aromatic nitrogens is 2. The van der Waals surface area contributed by atoms with Gasteiger partial charge in [0.25, 0.3) is 0 Å². The number of carboxylic acid groups (broad SMARTS) is 1. The van der Waals surface area contributed by atoms with Crippen molar-refractivity contribution in [2.24, 2.45) is 0 Å². The van der Waals surface area contributed by atoms with E-state index < -0.39 is 6.09 Å². The maximum atomic E-state index is 11.6. The summed E-state index contributed by atoms with van der Waals surface area (Å²) < 4.78 is 2.51. The van der Waals surface area contributed by atoms with Crippen molar-refractivity contribution in [1.82, 2.24) is 19.4 Å². The van der Waals surface area contributed by atoms with Crippen LogP contribution in [0.25, 0.3) is 11.0 Å². The predicted molar refractivity (Wildman–Crippen MR) is 150 cm³/mol. The summed E-state index contributed by atoms with van der Waals surface area (Å²) in [6.45, 7) is 4.51. The number of likely N-dealkylation sites (tertiary alicyclic amines) is 1. The molecule has 2 aromatic carbocycles. The highest BCUT2D eigenvalue weighted by Gasteiger charge is 2.44. The molecule has 7 heteroatoms. The average molecular weight is 519 g/mol. The number of fused-ring (bicyclic) bond motifs is 3. The summed E-state index contributed by atoms with van der Waals surface area (Å²) in [5.41, 5.74) is 3.82. The van der Waals surface area contributed by atoms with Crippen LogP contribution in [-0.2, 0) is 5.41 Å². The van der Waals surface area contributed by atoms with Crippen molar-refractivity contribution in [2.75, 3.05) is 25.9 Å². The van der Waals surface area contributed by atoms with Crippen molar-refractivity contribution in [1.29, 1.82) is 0 Å². The van der Waals surface area contributed by atoms with Gasteiger partial charge in [0.2, 0.25) is 0 Å². The summed E-state index contributed by atoms with van der Waals surface area (Å²) in [6.07, 6.45) is 9.21. The lowest BCUT2D eigenvalue weighted by molar-refractivity contribution is 0.0800. The monoisotopic (exact) mass is 518 g/mol. The van der Waals surface area contributed by atoms with E-state index in [9.17, 15) is 9.90 Å². The van der Waals surface area contributed by atoms with Gasteiger partial charge in [-0.2, -0.15) is 0 Å². The van der Waals surface area contributed by atoms with Crippen LogP contribution in [0.3, 0.4) is 0 Å². The Morgan fingerprint density at radius 3 is 2.35 bits per heavy atom. The van der Waals surface area contributed by atoms with Gasteiger partial charge in [0.1, 0.15) is 5.82 Å². The van der Waals surface area contributed by atoms with E-state index in [0.29, 0.717) is 31.2 Å². The molecule has 3 atom stereocenters. The van der Waals surface area contributed by atoms with Crippen molar-refractivity contribution in [2.45, 2.75) is 80.3 Å². The minimum Gasteiger partial charge on any atom is -0.465 e. The summed E-state index contributed by atoms with van der Waals surface area (Å²) in [6, 6.07) is 19.4. The van der Waals surface area contributed by atoms with Crippen LogP contribution < -0.4 is 0 Å². The topological polar surface area (TPSA) is 61.6 Å². The van der Waals surface area contributed by atoms with Crippen LogP contribution >= 0.6 is 11.8 Å². The van der Waals surface area contributed by atoms with Gasteiger partial charge < -0.3 is 14.6 Å². The summed E-state index contributed by atoms with van der Waals surface area (Å²) in [5.74, 6) is 1.14. The first-order valence-corrected chi connectivity index (χ1v) is 15.0. The van der Waals surface area contributed by atoms with E-state index in [0.717, 1.165) is 37.1 Å². The molecule has 6 nitrogen and oxygen atoms in total. The van der Waals surface area contributed by atoms with Gasteiger partial charge in [-0.15, -0.1) is 11.8 Å². The molecule has 196 valence electrons. The second kappa shape index (κ2) is 9.99. The fraction of sp³-hybridized carbons (Fsp3) is 0.533. The van der Waals surface area contributed by atoms with Crippen molar-refractivity contribution < 1.29 is 9.90 Å². The lowest BCUT2D eigenvalue weighted by atomic mass is 9.70. The fourth-order valence-electron chi connectivity index (χ4n) is 7.54. The molecule has 1 aromatic heterocycles. The third-order valence-corrected chi connectivity index (χ3v) is 10.3. The van der Waals surface area contributed by atoms with Crippen molar-refractivity contribution in [3.05, 3.63) is 59.9 Å². The van der Waals surface area contributed by atoms with Gasteiger partial charge in [-0.1, -0.05) is 24.3 Å². The number of hydrogen-bond donors (Lipinski definition) is 1. The lowest BCUT2D eigenvalue weighted by Gasteiger charge is -2.45. The van der Waals surface area contributed by atoms with Gasteiger partial charge in [0.05, 0.1) is 11.0 Å². The van der Waals surface area contributed by atoms with E-state index in [-0.39, 0.29) is 5.41 Å². The highest BCUT2D eigenvalue weighted by Crippen LogP contribution is 2.45. The van der Waals surface area contributed by atoms with Crippen LogP contribution in [0.4, 0.5) is 4.79 Å². The predicted octanol–water partition coefficient (Wildman–Crippen LogP) is 6.34. The quantitative estimate of drug-likeness (QED) is 0.386. The zero-order chi connectivity index (χ0) is 25.6. The number of para-hydroxylation sites is 2. The number of nitrogens with zero attached hydrogens (tertiary/aromatic N) is 4. The summed E-state index contributed by atoms with van der Waals surface area (Å²) >= 11 is 1.77. The molecule has 0 saturated carbocycles. The fourth-order valence-corrected chi connectivity index (χ4v) is 7.95. The van der Waals surface area contributed by atoms with Gasteiger partial charge >= 0.3 is 6.09 Å². The third-order valence-electron chi connectivity index (χ3n) is 9.54. The normalized spacial score (nSPS) is 25.6. The molecule has 0 radical (unpaired) electrons. The second-order valence-corrected chi connectivity index (χ2v) is 12.2. The van der Waals surface area contributed by atoms with E-state index in [4.69, 9.17) is 4.98 Å². The second-order valence-electron chi connectivity index (χ2n) is 11.3. The number of piperidine rings is 2. The zero-order valence-corrected chi connectivity index (χ0v) is 22.8. The maximum absolute atomic E-state index is 11.6. The molecule has 4 heterocycles. The summed E-state index contributed by atoms with van der Waals surface area (Å²) in [5, 5.41) is 9.56. The van der Waals surface area contributed by atoms with Crippen LogP contribution in [-0.4, -0.2) is 68.5 Å². The van der Waals surface area contributed by atoms with E-state index in [1.54, 1.807) is 16.7 Å². The molecule has 3 aliphatic heterocycles. The van der Waals surface area contributed by atoms with Gasteiger partial charge in [0.15, 0.2) is 0 Å². The molecule has 3 aliphatic rings. The number of imidazole rings is 1. The first kappa shape index (κ1) is 24.8. The third kappa shape index (κ3) is 4.54. The van der Waals surface area contributed by atoms with Gasteiger partial charge in [-0.05, 0) is 99.9 Å². The number of hydrogen-bond acceptors (Lipinski definition) is 4. The number of thioether (sulfide) groups is 1. The van der Waals surface area contributed by atoms with E-state index in [1.807, 2.05) is 0 Å². The van der Waals surface area contributed by atoms with Gasteiger partial charge in [-0.25, -0.2) is 9.78 Å². The van der Waals surface area contributed by atoms with Crippen LogP contribution in [0.5, 0.6) is 0 Å². The highest BCUT2D eigenvalue weighted by molar-refractivity contribution is 7.98. The zero-order valence-electron chi connectivity index (χ0n) is 22.0. The Kier molecular flexibility index (Phi) is 6.70. The van der Waals surface area contributed by atoms with Crippen molar-refractivity contribution in [3.8, 4) is 0 Å². The number of amides is 1. The molecule has 2 bridgehead atoms. The van der Waals surface area contributed by atoms with Crippen molar-refractivity contribution >= 4 is 28.9 Å². The summed E-state index contributed by atoms with van der Waals surface area (Å²) in [4.78, 5) is 22.2. The number of rotatable bonds is 6. The molecule has 37 heavy (non-hydrogen) atoms. The molecule has 3 fully saturated rings. The van der Waals surface area contributed by atoms with Crippen LogP contribution in [0.1, 0.15) is 62.4 Å². The Labute approximate surface area is 224 Å². The molecule has 1 amide bonds. The SMILES string of the molecule is CSc1ccc(C2(CCN3[C@@H]4CC[C@H]3CC(n3c(C)nc5ccccc53)C4)CCN(C(=O)O)CC2)cc1. The minimum atomic E-state index is -0.784. The Balaban J connectivity index is 1.20. The molecular formula is C30H38N4O2S. The smallest absolute Gasteiger partial charge is 0.407 e. The van der Waals surface area contributed by atoms with E-state index in [2.05, 4.69) is 71.2 Å². The first-order valence-electron chi connectivity index (χ1n) is 13.8. The Morgan fingerprint density at radius 1 is 1.03 bits per heavy atom. The maximum Gasteiger partial charge on any atom is 0.407 e. The number of aryl methyl sites for hydroxylation is 1. The van der Waals surface area contributed by atoms with Crippen LogP contribution in [0.2, 0.25) is 0 Å². The van der Waals surface area contributed by atoms with Gasteiger partial charge in [-0.3, -0.25) is 4.90 Å².